The first-order valence-electron chi connectivity index (χ1n) is 6.35. The maximum Gasteiger partial charge on any atom is 0.134 e. The highest BCUT2D eigenvalue weighted by atomic mass is 35.5. The van der Waals surface area contributed by atoms with Crippen molar-refractivity contribution in [2.45, 2.75) is 19.4 Å². The molecule has 0 saturated carbocycles. The van der Waals surface area contributed by atoms with Gasteiger partial charge >= 0.3 is 0 Å². The van der Waals surface area contributed by atoms with Gasteiger partial charge in [-0.1, -0.05) is 23.2 Å². The quantitative estimate of drug-likeness (QED) is 0.893. The minimum atomic E-state index is -0.0255. The predicted octanol–water partition coefficient (Wildman–Crippen LogP) is 2.53. The summed E-state index contributed by atoms with van der Waals surface area (Å²) in [6, 6.07) is 5.47. The number of nitrogens with one attached hydrogen (secondary N) is 1. The molecule has 0 spiro atoms. The average molecular weight is 291 g/mol. The Morgan fingerprint density at radius 1 is 1.45 bits per heavy atom. The van der Waals surface area contributed by atoms with Crippen LogP contribution in [0.5, 0.6) is 5.75 Å². The van der Waals surface area contributed by atoms with Crippen LogP contribution in [0.25, 0.3) is 0 Å². The van der Waals surface area contributed by atoms with Gasteiger partial charge < -0.3 is 9.67 Å². The van der Waals surface area contributed by atoms with Crippen LogP contribution in [-0.4, -0.2) is 20.4 Å². The fourth-order valence-corrected chi connectivity index (χ4v) is 2.50. The van der Waals surface area contributed by atoms with Crippen molar-refractivity contribution in [2.75, 3.05) is 0 Å². The molecule has 20 heavy (non-hydrogen) atoms. The molecule has 0 unspecified atom stereocenters. The lowest BCUT2D eigenvalue weighted by atomic mass is 10.0. The fourth-order valence-electron chi connectivity index (χ4n) is 2.37. The van der Waals surface area contributed by atoms with Crippen LogP contribution >= 0.6 is 11.6 Å². The molecule has 0 amide bonds. The normalized spacial score (nSPS) is 17.9. The lowest BCUT2D eigenvalue weighted by molar-refractivity contribution is 0.474. The van der Waals surface area contributed by atoms with Crippen molar-refractivity contribution < 1.29 is 5.11 Å². The van der Waals surface area contributed by atoms with Crippen molar-refractivity contribution in [3.63, 3.8) is 0 Å². The number of aromatic hydroxyl groups is 1. The molecule has 2 aromatic rings. The zero-order valence-electron chi connectivity index (χ0n) is 11.3. The third-order valence-electron chi connectivity index (χ3n) is 3.49. The summed E-state index contributed by atoms with van der Waals surface area (Å²) >= 11 is 6.00. The molecule has 5 nitrogen and oxygen atoms in total. The third-order valence-corrected chi connectivity index (χ3v) is 3.85. The molecule has 0 aliphatic carbocycles. The predicted molar refractivity (Wildman–Crippen MR) is 78.1 cm³/mol. The largest absolute Gasteiger partial charge is 0.507 e. The van der Waals surface area contributed by atoms with Crippen LogP contribution in [0.3, 0.4) is 0 Å². The Kier molecular flexibility index (Phi) is 3.14. The van der Waals surface area contributed by atoms with Crippen LogP contribution in [0, 0.1) is 6.92 Å². The number of nitrogens with zero attached hydrogens (tertiary/aromatic N) is 3. The molecule has 1 aliphatic rings. The number of aryl methyl sites for hydroxylation is 1. The fraction of sp³-hybridized carbons (Fsp3) is 0.286. The monoisotopic (exact) mass is 290 g/mol. The SMILES string of the molecule is Cc1ccc(O)c(C2=NN[C@H](c3ncc(Cl)n3C)C2)c1. The number of hydrazone groups is 1. The van der Waals surface area contributed by atoms with Crippen molar-refractivity contribution >= 4 is 17.3 Å². The number of halogens is 1. The van der Waals surface area contributed by atoms with Gasteiger partial charge in [-0.2, -0.15) is 5.10 Å². The number of imidazole rings is 1. The molecule has 1 atom stereocenters. The maximum absolute atomic E-state index is 9.96. The van der Waals surface area contributed by atoms with E-state index in [-0.39, 0.29) is 11.8 Å². The van der Waals surface area contributed by atoms with Gasteiger partial charge in [0.15, 0.2) is 0 Å². The Bertz CT molecular complexity index is 692. The van der Waals surface area contributed by atoms with Gasteiger partial charge in [-0.15, -0.1) is 0 Å². The molecule has 2 N–H and O–H groups in total. The third kappa shape index (κ3) is 2.14. The van der Waals surface area contributed by atoms with E-state index in [1.807, 2.05) is 30.7 Å². The van der Waals surface area contributed by atoms with Crippen LogP contribution in [-0.2, 0) is 7.05 Å². The van der Waals surface area contributed by atoms with E-state index in [0.717, 1.165) is 22.7 Å². The van der Waals surface area contributed by atoms with Crippen molar-refractivity contribution in [3.8, 4) is 5.75 Å². The minimum Gasteiger partial charge on any atom is -0.507 e. The Labute approximate surface area is 121 Å². The van der Waals surface area contributed by atoms with Gasteiger partial charge in [-0.25, -0.2) is 4.98 Å². The van der Waals surface area contributed by atoms with Gasteiger partial charge in [0.25, 0.3) is 0 Å². The number of benzene rings is 1. The summed E-state index contributed by atoms with van der Waals surface area (Å²) in [5, 5.41) is 14.9. The molecular formula is C14H15ClN4O. The van der Waals surface area contributed by atoms with E-state index in [1.165, 1.54) is 0 Å². The molecule has 1 aromatic heterocycles. The highest BCUT2D eigenvalue weighted by Crippen LogP contribution is 2.28. The number of rotatable bonds is 2. The number of hydrogen-bond donors (Lipinski definition) is 2. The zero-order chi connectivity index (χ0) is 14.3. The second kappa shape index (κ2) is 4.83. The van der Waals surface area contributed by atoms with Gasteiger partial charge in [-0.3, -0.25) is 5.43 Å². The summed E-state index contributed by atoms with van der Waals surface area (Å²) in [5.74, 6) is 1.08. The van der Waals surface area contributed by atoms with Gasteiger partial charge in [0.2, 0.25) is 0 Å². The van der Waals surface area contributed by atoms with E-state index in [4.69, 9.17) is 11.6 Å². The van der Waals surface area contributed by atoms with Crippen LogP contribution in [0.2, 0.25) is 5.15 Å². The summed E-state index contributed by atoms with van der Waals surface area (Å²) in [6.07, 6.45) is 2.29. The van der Waals surface area contributed by atoms with E-state index >= 15 is 0 Å². The van der Waals surface area contributed by atoms with E-state index in [2.05, 4.69) is 15.5 Å². The number of phenols is 1. The highest BCUT2D eigenvalue weighted by molar-refractivity contribution is 6.29. The smallest absolute Gasteiger partial charge is 0.134 e. The van der Waals surface area contributed by atoms with Crippen molar-refractivity contribution in [1.82, 2.24) is 15.0 Å². The number of hydrogen-bond acceptors (Lipinski definition) is 4. The maximum atomic E-state index is 9.96. The second-order valence-electron chi connectivity index (χ2n) is 4.96. The average Bonchev–Trinajstić information content (AvgIpc) is 3.01. The lowest BCUT2D eigenvalue weighted by Gasteiger charge is -2.10. The summed E-state index contributed by atoms with van der Waals surface area (Å²) in [7, 11) is 1.87. The first-order chi connectivity index (χ1) is 9.56. The van der Waals surface area contributed by atoms with Crippen molar-refractivity contribution in [1.29, 1.82) is 0 Å². The van der Waals surface area contributed by atoms with Crippen molar-refractivity contribution in [2.24, 2.45) is 12.1 Å². The molecule has 1 aromatic carbocycles. The molecule has 0 fully saturated rings. The van der Waals surface area contributed by atoms with Crippen LogP contribution < -0.4 is 5.43 Å². The summed E-state index contributed by atoms with van der Waals surface area (Å²) in [6.45, 7) is 1.99. The molecule has 1 aliphatic heterocycles. The van der Waals surface area contributed by atoms with Crippen LogP contribution in [0.15, 0.2) is 29.5 Å². The molecule has 2 heterocycles. The number of aromatic nitrogens is 2. The standard InChI is InChI=1S/C14H15ClN4O/c1-8-3-4-12(20)9(5-8)10-6-11(18-17-10)14-16-7-13(15)19(14)2/h3-5,7,11,18,20H,6H2,1-2H3/t11-/m0/s1. The van der Waals surface area contributed by atoms with Crippen molar-refractivity contribution in [3.05, 3.63) is 46.5 Å². The molecule has 0 bridgehead atoms. The Hall–Kier alpha value is -2.01. The molecule has 0 saturated heterocycles. The molecule has 6 heteroatoms. The van der Waals surface area contributed by atoms with Crippen LogP contribution in [0.4, 0.5) is 0 Å². The van der Waals surface area contributed by atoms with E-state index in [9.17, 15) is 5.11 Å². The van der Waals surface area contributed by atoms with Gasteiger partial charge in [0.05, 0.1) is 11.9 Å². The second-order valence-corrected chi connectivity index (χ2v) is 5.35. The zero-order valence-corrected chi connectivity index (χ0v) is 12.0. The molecular weight excluding hydrogens is 276 g/mol. The molecule has 3 rings (SSSR count). The number of phenolic OH excluding ortho intramolecular Hbond substituents is 1. The first-order valence-corrected chi connectivity index (χ1v) is 6.73. The van der Waals surface area contributed by atoms with E-state index in [1.54, 1.807) is 12.3 Å². The van der Waals surface area contributed by atoms with Crippen LogP contribution in [0.1, 0.15) is 29.4 Å². The molecule has 0 radical (unpaired) electrons. The Morgan fingerprint density at radius 2 is 2.25 bits per heavy atom. The lowest BCUT2D eigenvalue weighted by Crippen LogP contribution is -2.15. The topological polar surface area (TPSA) is 62.4 Å². The summed E-state index contributed by atoms with van der Waals surface area (Å²) in [5.41, 5.74) is 5.74. The Balaban J connectivity index is 1.86. The van der Waals surface area contributed by atoms with Gasteiger partial charge in [-0.05, 0) is 19.1 Å². The summed E-state index contributed by atoms with van der Waals surface area (Å²) < 4.78 is 1.83. The Morgan fingerprint density at radius 3 is 2.95 bits per heavy atom. The highest BCUT2D eigenvalue weighted by Gasteiger charge is 2.26. The van der Waals surface area contributed by atoms with E-state index in [0.29, 0.717) is 11.6 Å². The first kappa shape index (κ1) is 13.0. The van der Waals surface area contributed by atoms with Gasteiger partial charge in [0, 0.05) is 19.0 Å². The van der Waals surface area contributed by atoms with E-state index < -0.39 is 0 Å². The molecule has 104 valence electrons. The summed E-state index contributed by atoms with van der Waals surface area (Å²) in [4.78, 5) is 4.30. The van der Waals surface area contributed by atoms with Gasteiger partial charge in [0.1, 0.15) is 22.8 Å². The minimum absolute atomic E-state index is 0.0255.